The van der Waals surface area contributed by atoms with Crippen molar-refractivity contribution in [1.29, 1.82) is 0 Å². The molecule has 0 spiro atoms. The van der Waals surface area contributed by atoms with E-state index in [1.807, 2.05) is 0 Å². The monoisotopic (exact) mass is 284 g/mol. The summed E-state index contributed by atoms with van der Waals surface area (Å²) < 4.78 is 13.4. The Balaban J connectivity index is 1.59. The van der Waals surface area contributed by atoms with E-state index in [1.165, 1.54) is 6.07 Å². The van der Waals surface area contributed by atoms with Gasteiger partial charge in [0.1, 0.15) is 5.82 Å². The molecule has 0 radical (unpaired) electrons. The number of halogens is 2. The fraction of sp³-hybridized carbons (Fsp3) is 0.500. The van der Waals surface area contributed by atoms with Crippen molar-refractivity contribution in [3.63, 3.8) is 0 Å². The number of rotatable bonds is 7. The normalized spacial score (nSPS) is 14.4. The van der Waals surface area contributed by atoms with Crippen LogP contribution in [0.25, 0.3) is 0 Å². The molecule has 0 heterocycles. The van der Waals surface area contributed by atoms with Gasteiger partial charge in [0.25, 0.3) is 0 Å². The number of amides is 1. The number of benzene rings is 1. The van der Waals surface area contributed by atoms with Crippen LogP contribution >= 0.6 is 11.6 Å². The Morgan fingerprint density at radius 1 is 1.42 bits per heavy atom. The van der Waals surface area contributed by atoms with Gasteiger partial charge in [-0.3, -0.25) is 4.79 Å². The minimum atomic E-state index is -0.300. The standard InChI is InChI=1S/C14H18ClFN2O/c15-11-4-3-10(13(16)8-11)9-17-7-1-2-14(19)18-12-5-6-12/h3-4,8,12,17H,1-2,5-7,9H2,(H,18,19). The van der Waals surface area contributed by atoms with Gasteiger partial charge in [-0.1, -0.05) is 17.7 Å². The third-order valence-electron chi connectivity index (χ3n) is 3.03. The first-order chi connectivity index (χ1) is 9.15. The van der Waals surface area contributed by atoms with Gasteiger partial charge in [-0.05, 0) is 37.9 Å². The van der Waals surface area contributed by atoms with E-state index in [1.54, 1.807) is 12.1 Å². The summed E-state index contributed by atoms with van der Waals surface area (Å²) in [4.78, 5) is 11.4. The van der Waals surface area contributed by atoms with Crippen LogP contribution < -0.4 is 10.6 Å². The first-order valence-corrected chi connectivity index (χ1v) is 6.97. The quantitative estimate of drug-likeness (QED) is 0.756. The first kappa shape index (κ1) is 14.3. The molecule has 0 unspecified atom stereocenters. The van der Waals surface area contributed by atoms with Crippen molar-refractivity contribution < 1.29 is 9.18 Å². The highest BCUT2D eigenvalue weighted by molar-refractivity contribution is 6.30. The molecule has 3 nitrogen and oxygen atoms in total. The van der Waals surface area contributed by atoms with E-state index in [9.17, 15) is 9.18 Å². The predicted molar refractivity (Wildman–Crippen MR) is 73.5 cm³/mol. The van der Waals surface area contributed by atoms with Gasteiger partial charge in [0.15, 0.2) is 0 Å². The van der Waals surface area contributed by atoms with E-state index in [2.05, 4.69) is 10.6 Å². The smallest absolute Gasteiger partial charge is 0.220 e. The maximum atomic E-state index is 13.4. The minimum absolute atomic E-state index is 0.113. The molecule has 0 aliphatic heterocycles. The Bertz CT molecular complexity index is 449. The summed E-state index contributed by atoms with van der Waals surface area (Å²) in [7, 11) is 0. The van der Waals surface area contributed by atoms with Crippen LogP contribution in [0.3, 0.4) is 0 Å². The molecule has 0 saturated heterocycles. The number of carbonyl (C=O) groups excluding carboxylic acids is 1. The number of nitrogens with one attached hydrogen (secondary N) is 2. The fourth-order valence-electron chi connectivity index (χ4n) is 1.79. The van der Waals surface area contributed by atoms with Crippen molar-refractivity contribution in [2.45, 2.75) is 38.3 Å². The molecule has 1 aromatic carbocycles. The van der Waals surface area contributed by atoms with Crippen LogP contribution in [0.1, 0.15) is 31.2 Å². The van der Waals surface area contributed by atoms with Gasteiger partial charge >= 0.3 is 0 Å². The van der Waals surface area contributed by atoms with Gasteiger partial charge in [0.05, 0.1) is 0 Å². The highest BCUT2D eigenvalue weighted by Crippen LogP contribution is 2.18. The maximum Gasteiger partial charge on any atom is 0.220 e. The van der Waals surface area contributed by atoms with Crippen LogP contribution in [0.4, 0.5) is 4.39 Å². The van der Waals surface area contributed by atoms with E-state index < -0.39 is 0 Å². The van der Waals surface area contributed by atoms with E-state index in [4.69, 9.17) is 11.6 Å². The maximum absolute atomic E-state index is 13.4. The van der Waals surface area contributed by atoms with Crippen molar-refractivity contribution in [3.8, 4) is 0 Å². The molecular formula is C14H18ClFN2O. The lowest BCUT2D eigenvalue weighted by atomic mass is 10.2. The second kappa shape index (κ2) is 6.87. The fourth-order valence-corrected chi connectivity index (χ4v) is 1.95. The zero-order valence-corrected chi connectivity index (χ0v) is 11.5. The molecule has 5 heteroatoms. The van der Waals surface area contributed by atoms with E-state index in [0.29, 0.717) is 36.1 Å². The van der Waals surface area contributed by atoms with Gasteiger partial charge in [-0.25, -0.2) is 4.39 Å². The summed E-state index contributed by atoms with van der Waals surface area (Å²) in [6, 6.07) is 5.07. The van der Waals surface area contributed by atoms with Crippen LogP contribution in [0.2, 0.25) is 5.02 Å². The van der Waals surface area contributed by atoms with Gasteiger partial charge in [-0.2, -0.15) is 0 Å². The van der Waals surface area contributed by atoms with E-state index in [-0.39, 0.29) is 11.7 Å². The second-order valence-corrected chi connectivity index (χ2v) is 5.29. The third-order valence-corrected chi connectivity index (χ3v) is 3.27. The zero-order valence-electron chi connectivity index (χ0n) is 10.7. The highest BCUT2D eigenvalue weighted by atomic mass is 35.5. The summed E-state index contributed by atoms with van der Waals surface area (Å²) in [5.41, 5.74) is 0.590. The third kappa shape index (κ3) is 5.17. The first-order valence-electron chi connectivity index (χ1n) is 6.59. The van der Waals surface area contributed by atoms with Gasteiger partial charge in [-0.15, -0.1) is 0 Å². The van der Waals surface area contributed by atoms with E-state index >= 15 is 0 Å². The minimum Gasteiger partial charge on any atom is -0.353 e. The summed E-state index contributed by atoms with van der Waals surface area (Å²) in [6.07, 6.45) is 3.50. The van der Waals surface area contributed by atoms with Crippen molar-refractivity contribution >= 4 is 17.5 Å². The molecule has 2 rings (SSSR count). The van der Waals surface area contributed by atoms with Crippen molar-refractivity contribution in [2.75, 3.05) is 6.54 Å². The Kier molecular flexibility index (Phi) is 5.16. The van der Waals surface area contributed by atoms with Crippen molar-refractivity contribution in [3.05, 3.63) is 34.6 Å². The molecular weight excluding hydrogens is 267 g/mol. The molecule has 104 valence electrons. The summed E-state index contributed by atoms with van der Waals surface area (Å²) in [6.45, 7) is 1.15. The van der Waals surface area contributed by atoms with Crippen molar-refractivity contribution in [2.24, 2.45) is 0 Å². The molecule has 1 aromatic rings. The Labute approximate surface area is 117 Å². The highest BCUT2D eigenvalue weighted by Gasteiger charge is 2.22. The molecule has 1 fully saturated rings. The summed E-state index contributed by atoms with van der Waals surface area (Å²) in [5, 5.41) is 6.46. The van der Waals surface area contributed by atoms with Crippen molar-refractivity contribution in [1.82, 2.24) is 10.6 Å². The molecule has 1 amide bonds. The van der Waals surface area contributed by atoms with E-state index in [0.717, 1.165) is 19.3 Å². The molecule has 1 aliphatic carbocycles. The molecule has 0 atom stereocenters. The Morgan fingerprint density at radius 2 is 2.21 bits per heavy atom. The summed E-state index contributed by atoms with van der Waals surface area (Å²) in [5.74, 6) is -0.187. The molecule has 1 aliphatic rings. The molecule has 0 aromatic heterocycles. The van der Waals surface area contributed by atoms with Gasteiger partial charge in [0.2, 0.25) is 5.91 Å². The number of hydrogen-bond acceptors (Lipinski definition) is 2. The zero-order chi connectivity index (χ0) is 13.7. The Hall–Kier alpha value is -1.13. The number of hydrogen-bond donors (Lipinski definition) is 2. The largest absolute Gasteiger partial charge is 0.353 e. The van der Waals surface area contributed by atoms with Gasteiger partial charge < -0.3 is 10.6 Å². The molecule has 19 heavy (non-hydrogen) atoms. The number of carbonyl (C=O) groups is 1. The Morgan fingerprint density at radius 3 is 2.89 bits per heavy atom. The summed E-state index contributed by atoms with van der Waals surface area (Å²) >= 11 is 5.68. The molecule has 1 saturated carbocycles. The lowest BCUT2D eigenvalue weighted by Gasteiger charge is -2.06. The SMILES string of the molecule is O=C(CCCNCc1ccc(Cl)cc1F)NC1CC1. The van der Waals surface area contributed by atoms with Crippen LogP contribution in [-0.4, -0.2) is 18.5 Å². The average molecular weight is 285 g/mol. The second-order valence-electron chi connectivity index (χ2n) is 4.86. The molecule has 2 N–H and O–H groups in total. The average Bonchev–Trinajstić information content (AvgIpc) is 3.15. The van der Waals surface area contributed by atoms with Crippen LogP contribution in [0.15, 0.2) is 18.2 Å². The topological polar surface area (TPSA) is 41.1 Å². The lowest BCUT2D eigenvalue weighted by Crippen LogP contribution is -2.26. The van der Waals surface area contributed by atoms with Crippen LogP contribution in [0.5, 0.6) is 0 Å². The van der Waals surface area contributed by atoms with Crippen LogP contribution in [0, 0.1) is 5.82 Å². The molecule has 0 bridgehead atoms. The lowest BCUT2D eigenvalue weighted by molar-refractivity contribution is -0.121. The van der Waals surface area contributed by atoms with Crippen LogP contribution in [-0.2, 0) is 11.3 Å². The predicted octanol–water partition coefficient (Wildman–Crippen LogP) is 2.63. The van der Waals surface area contributed by atoms with Gasteiger partial charge in [0, 0.05) is 29.6 Å².